The maximum absolute atomic E-state index is 12.5. The van der Waals surface area contributed by atoms with E-state index in [1.54, 1.807) is 13.1 Å². The minimum absolute atomic E-state index is 0.141. The molecule has 2 aromatic rings. The summed E-state index contributed by atoms with van der Waals surface area (Å²) >= 11 is 2.89. The number of pyridine rings is 1. The van der Waals surface area contributed by atoms with Crippen LogP contribution in [0.25, 0.3) is 0 Å². The number of nitrogens with zero attached hydrogens (tertiary/aromatic N) is 1. The zero-order chi connectivity index (χ0) is 18.5. The van der Waals surface area contributed by atoms with Crippen molar-refractivity contribution in [2.45, 2.75) is 38.1 Å². The molecule has 0 radical (unpaired) electrons. The number of hydrogen-bond acceptors (Lipinski definition) is 6. The van der Waals surface area contributed by atoms with E-state index < -0.39 is 0 Å². The maximum atomic E-state index is 12.5. The van der Waals surface area contributed by atoms with Gasteiger partial charge in [0.05, 0.1) is 22.9 Å². The highest BCUT2D eigenvalue weighted by atomic mass is 32.2. The van der Waals surface area contributed by atoms with Crippen molar-refractivity contribution in [2.24, 2.45) is 5.92 Å². The molecule has 1 unspecified atom stereocenters. The first-order valence-electron chi connectivity index (χ1n) is 8.73. The number of esters is 1. The van der Waals surface area contributed by atoms with Crippen LogP contribution in [0.2, 0.25) is 0 Å². The number of fused-ring (bicyclic) bond motifs is 1. The predicted octanol–water partition coefficient (Wildman–Crippen LogP) is 4.18. The Kier molecular flexibility index (Phi) is 6.32. The predicted molar refractivity (Wildman–Crippen MR) is 105 cm³/mol. The smallest absolute Gasteiger partial charge is 0.341 e. The lowest BCUT2D eigenvalue weighted by atomic mass is 9.88. The van der Waals surface area contributed by atoms with Gasteiger partial charge in [-0.15, -0.1) is 11.3 Å². The molecule has 2 heterocycles. The first-order chi connectivity index (χ1) is 12.6. The second-order valence-corrected chi connectivity index (χ2v) is 8.38. The fraction of sp³-hybridized carbons (Fsp3) is 0.421. The zero-order valence-corrected chi connectivity index (χ0v) is 16.5. The first-order valence-corrected chi connectivity index (χ1v) is 10.5. The summed E-state index contributed by atoms with van der Waals surface area (Å²) in [6.45, 7) is 4.33. The number of rotatable bonds is 6. The highest BCUT2D eigenvalue weighted by Gasteiger charge is 2.29. The molecular formula is C19H22N2O3S2. The van der Waals surface area contributed by atoms with Gasteiger partial charge in [-0.3, -0.25) is 4.79 Å². The van der Waals surface area contributed by atoms with Crippen LogP contribution >= 0.6 is 23.1 Å². The molecule has 5 nitrogen and oxygen atoms in total. The second kappa shape index (κ2) is 8.68. The monoisotopic (exact) mass is 390 g/mol. The van der Waals surface area contributed by atoms with Crippen LogP contribution in [0.3, 0.4) is 0 Å². The average molecular weight is 391 g/mol. The largest absolute Gasteiger partial charge is 0.462 e. The van der Waals surface area contributed by atoms with Crippen LogP contribution in [0.1, 0.15) is 41.1 Å². The van der Waals surface area contributed by atoms with Crippen molar-refractivity contribution in [3.8, 4) is 0 Å². The molecule has 138 valence electrons. The van der Waals surface area contributed by atoms with Crippen molar-refractivity contribution in [3.63, 3.8) is 0 Å². The molecule has 0 saturated heterocycles. The molecule has 3 rings (SSSR count). The lowest BCUT2D eigenvalue weighted by Gasteiger charge is -2.18. The summed E-state index contributed by atoms with van der Waals surface area (Å²) in [6, 6.07) is 5.60. The van der Waals surface area contributed by atoms with E-state index in [2.05, 4.69) is 17.2 Å². The molecule has 0 spiro atoms. The van der Waals surface area contributed by atoms with Crippen molar-refractivity contribution in [1.82, 2.24) is 4.98 Å². The van der Waals surface area contributed by atoms with Crippen molar-refractivity contribution >= 4 is 40.0 Å². The van der Waals surface area contributed by atoms with E-state index in [0.717, 1.165) is 29.9 Å². The fourth-order valence-electron chi connectivity index (χ4n) is 2.99. The van der Waals surface area contributed by atoms with E-state index in [-0.39, 0.29) is 17.6 Å². The normalized spacial score (nSPS) is 16.0. The van der Waals surface area contributed by atoms with Gasteiger partial charge in [0.15, 0.2) is 0 Å². The van der Waals surface area contributed by atoms with Gasteiger partial charge in [0.1, 0.15) is 5.00 Å². The lowest BCUT2D eigenvalue weighted by molar-refractivity contribution is -0.113. The Labute approximate surface area is 161 Å². The highest BCUT2D eigenvalue weighted by Crippen LogP contribution is 2.40. The SMILES string of the molecule is CCOC(=O)c1c(NC(=O)CSc2ccccn2)sc2c1CCC(C)C2. The van der Waals surface area contributed by atoms with Gasteiger partial charge in [-0.1, -0.05) is 24.8 Å². The highest BCUT2D eigenvalue weighted by molar-refractivity contribution is 7.99. The van der Waals surface area contributed by atoms with Crippen molar-refractivity contribution in [2.75, 3.05) is 17.7 Å². The molecule has 0 bridgehead atoms. The topological polar surface area (TPSA) is 68.3 Å². The van der Waals surface area contributed by atoms with Crippen molar-refractivity contribution < 1.29 is 14.3 Å². The molecule has 2 aromatic heterocycles. The van der Waals surface area contributed by atoms with Gasteiger partial charge in [-0.25, -0.2) is 9.78 Å². The Morgan fingerprint density at radius 2 is 2.27 bits per heavy atom. The number of thiophene rings is 1. The number of anilines is 1. The number of aromatic nitrogens is 1. The minimum atomic E-state index is -0.341. The van der Waals surface area contributed by atoms with Crippen molar-refractivity contribution in [3.05, 3.63) is 40.4 Å². The van der Waals surface area contributed by atoms with Gasteiger partial charge in [0.25, 0.3) is 0 Å². The van der Waals surface area contributed by atoms with E-state index in [1.807, 2.05) is 18.2 Å². The Hall–Kier alpha value is -1.86. The number of thioether (sulfide) groups is 1. The van der Waals surface area contributed by atoms with E-state index in [4.69, 9.17) is 4.74 Å². The summed E-state index contributed by atoms with van der Waals surface area (Å²) in [7, 11) is 0. The van der Waals surface area contributed by atoms with Gasteiger partial charge < -0.3 is 10.1 Å². The van der Waals surface area contributed by atoms with Crippen LogP contribution < -0.4 is 5.32 Å². The van der Waals surface area contributed by atoms with E-state index >= 15 is 0 Å². The average Bonchev–Trinajstić information content (AvgIpc) is 2.98. The van der Waals surface area contributed by atoms with E-state index in [0.29, 0.717) is 23.1 Å². The molecule has 7 heteroatoms. The van der Waals surface area contributed by atoms with Gasteiger partial charge in [0, 0.05) is 11.1 Å². The molecule has 1 N–H and O–H groups in total. The third-order valence-corrected chi connectivity index (χ3v) is 6.35. The van der Waals surface area contributed by atoms with Gasteiger partial charge in [-0.05, 0) is 49.8 Å². The minimum Gasteiger partial charge on any atom is -0.462 e. The molecule has 1 atom stereocenters. The molecule has 0 fully saturated rings. The van der Waals surface area contributed by atoms with Crippen LogP contribution in [0.15, 0.2) is 29.4 Å². The molecule has 1 aliphatic carbocycles. The van der Waals surface area contributed by atoms with Gasteiger partial charge in [-0.2, -0.15) is 0 Å². The third-order valence-electron chi connectivity index (χ3n) is 4.23. The Morgan fingerprint density at radius 3 is 3.00 bits per heavy atom. The first kappa shape index (κ1) is 18.9. The number of ether oxygens (including phenoxy) is 1. The van der Waals surface area contributed by atoms with Gasteiger partial charge in [0.2, 0.25) is 5.91 Å². The van der Waals surface area contributed by atoms with Crippen LogP contribution in [-0.2, 0) is 22.4 Å². The Morgan fingerprint density at radius 1 is 1.42 bits per heavy atom. The molecule has 0 aliphatic heterocycles. The number of nitrogens with one attached hydrogen (secondary N) is 1. The molecule has 1 aliphatic rings. The van der Waals surface area contributed by atoms with E-state index in [9.17, 15) is 9.59 Å². The Bertz CT molecular complexity index is 790. The number of carbonyl (C=O) groups excluding carboxylic acids is 2. The quantitative estimate of drug-likeness (QED) is 0.592. The molecule has 0 saturated carbocycles. The van der Waals surface area contributed by atoms with Gasteiger partial charge >= 0.3 is 5.97 Å². The lowest BCUT2D eigenvalue weighted by Crippen LogP contribution is -2.17. The number of amides is 1. The van der Waals surface area contributed by atoms with Crippen LogP contribution in [0, 0.1) is 5.92 Å². The summed E-state index contributed by atoms with van der Waals surface area (Å²) < 4.78 is 5.23. The van der Waals surface area contributed by atoms with Crippen LogP contribution in [-0.4, -0.2) is 29.2 Å². The summed E-state index contributed by atoms with van der Waals surface area (Å²) in [6.07, 6.45) is 4.57. The van der Waals surface area contributed by atoms with Crippen LogP contribution in [0.5, 0.6) is 0 Å². The number of hydrogen-bond donors (Lipinski definition) is 1. The summed E-state index contributed by atoms with van der Waals surface area (Å²) in [4.78, 5) is 30.2. The number of carbonyl (C=O) groups is 2. The summed E-state index contributed by atoms with van der Waals surface area (Å²) in [5.41, 5.74) is 1.61. The standard InChI is InChI=1S/C19H22N2O3S2/c1-3-24-19(23)17-13-8-7-12(2)10-14(13)26-18(17)21-15(22)11-25-16-6-4-5-9-20-16/h4-6,9,12H,3,7-8,10-11H2,1-2H3,(H,21,22). The van der Waals surface area contributed by atoms with E-state index in [1.165, 1.54) is 28.0 Å². The molecule has 0 aromatic carbocycles. The fourth-order valence-corrected chi connectivity index (χ4v) is 5.07. The van der Waals surface area contributed by atoms with Crippen LogP contribution in [0.4, 0.5) is 5.00 Å². The maximum Gasteiger partial charge on any atom is 0.341 e. The zero-order valence-electron chi connectivity index (χ0n) is 14.9. The molecule has 1 amide bonds. The van der Waals surface area contributed by atoms with Crippen molar-refractivity contribution in [1.29, 1.82) is 0 Å². The molecular weight excluding hydrogens is 368 g/mol. The second-order valence-electron chi connectivity index (χ2n) is 6.28. The summed E-state index contributed by atoms with van der Waals surface area (Å²) in [5.74, 6) is 0.364. The summed E-state index contributed by atoms with van der Waals surface area (Å²) in [5, 5.41) is 4.34. The molecule has 26 heavy (non-hydrogen) atoms. The Balaban J connectivity index is 1.75. The third kappa shape index (κ3) is 4.45.